The number of piperidine rings is 3. The monoisotopic (exact) mass is 384 g/mol. The van der Waals surface area contributed by atoms with Crippen molar-refractivity contribution in [1.29, 1.82) is 0 Å². The number of nitrogens with zero attached hydrogens (tertiary/aromatic N) is 3. The molecule has 0 unspecified atom stereocenters. The molecule has 2 bridgehead atoms. The molecular formula is C20H24N4O2S. The Labute approximate surface area is 162 Å². The smallest absolute Gasteiger partial charge is 0.273 e. The van der Waals surface area contributed by atoms with Gasteiger partial charge in [0.2, 0.25) is 0 Å². The van der Waals surface area contributed by atoms with Gasteiger partial charge in [-0.25, -0.2) is 4.98 Å². The summed E-state index contributed by atoms with van der Waals surface area (Å²) in [6.45, 7) is 2.92. The third-order valence-electron chi connectivity index (χ3n) is 6.49. The minimum atomic E-state index is 0.0409. The molecule has 4 aliphatic heterocycles. The van der Waals surface area contributed by atoms with Gasteiger partial charge in [-0.3, -0.25) is 9.69 Å². The van der Waals surface area contributed by atoms with E-state index >= 15 is 0 Å². The summed E-state index contributed by atoms with van der Waals surface area (Å²) in [6.07, 6.45) is 2.33. The first-order valence-electron chi connectivity index (χ1n) is 9.63. The van der Waals surface area contributed by atoms with Crippen LogP contribution in [0.4, 0.5) is 5.13 Å². The SMILES string of the molecule is CNc1nc(C(=O)N2C[C@H](c3cccc(O)c3)[C@H]3[C@@H]2C2CCN3CC2)cs1. The number of nitrogens with one attached hydrogen (secondary N) is 1. The fourth-order valence-corrected chi connectivity index (χ4v) is 5.98. The van der Waals surface area contributed by atoms with Crippen LogP contribution in [-0.4, -0.2) is 64.6 Å². The molecular weight excluding hydrogens is 360 g/mol. The van der Waals surface area contributed by atoms with Crippen LogP contribution in [0, 0.1) is 5.92 Å². The van der Waals surface area contributed by atoms with Gasteiger partial charge in [0.05, 0.1) is 6.04 Å². The number of aromatic hydroxyl groups is 1. The summed E-state index contributed by atoms with van der Waals surface area (Å²) in [7, 11) is 1.82. The van der Waals surface area contributed by atoms with Crippen LogP contribution >= 0.6 is 11.3 Å². The second kappa shape index (κ2) is 6.49. The molecule has 7 heteroatoms. The van der Waals surface area contributed by atoms with E-state index in [4.69, 9.17) is 0 Å². The number of amides is 1. The fourth-order valence-electron chi connectivity index (χ4n) is 5.34. The van der Waals surface area contributed by atoms with Gasteiger partial charge in [-0.15, -0.1) is 11.3 Å². The van der Waals surface area contributed by atoms with Crippen molar-refractivity contribution in [1.82, 2.24) is 14.8 Å². The van der Waals surface area contributed by atoms with Crippen LogP contribution in [0.5, 0.6) is 5.75 Å². The summed E-state index contributed by atoms with van der Waals surface area (Å²) in [5.74, 6) is 1.13. The van der Waals surface area contributed by atoms with Crippen molar-refractivity contribution in [2.45, 2.75) is 30.8 Å². The maximum atomic E-state index is 13.3. The van der Waals surface area contributed by atoms with Crippen LogP contribution < -0.4 is 5.32 Å². The lowest BCUT2D eigenvalue weighted by atomic mass is 9.75. The number of fused-ring (bicyclic) bond motifs is 2. The third kappa shape index (κ3) is 2.72. The van der Waals surface area contributed by atoms with Crippen molar-refractivity contribution < 1.29 is 9.90 Å². The standard InChI is InChI=1S/C20H24N4O2S/c1-21-20-22-16(11-27-20)19(26)24-10-15(13-3-2-4-14(25)9-13)18-17(24)12-5-7-23(18)8-6-12/h2-4,9,11-12,15,17-18,25H,5-8,10H2,1H3,(H,21,22)/t15-,17+,18+/m1/s1. The summed E-state index contributed by atoms with van der Waals surface area (Å²) >= 11 is 1.47. The quantitative estimate of drug-likeness (QED) is 0.851. The Kier molecular flexibility index (Phi) is 4.09. The highest BCUT2D eigenvalue weighted by atomic mass is 32.1. The highest BCUT2D eigenvalue weighted by Gasteiger charge is 2.54. The molecule has 2 aromatic rings. The van der Waals surface area contributed by atoms with Crippen molar-refractivity contribution in [3.63, 3.8) is 0 Å². The first kappa shape index (κ1) is 17.0. The zero-order chi connectivity index (χ0) is 18.5. The van der Waals surface area contributed by atoms with Crippen LogP contribution in [0.1, 0.15) is 34.8 Å². The minimum Gasteiger partial charge on any atom is -0.508 e. The minimum absolute atomic E-state index is 0.0409. The number of phenols is 1. The summed E-state index contributed by atoms with van der Waals surface area (Å²) in [6, 6.07) is 8.14. The molecule has 4 fully saturated rings. The number of carbonyl (C=O) groups excluding carboxylic acids is 1. The molecule has 5 heterocycles. The van der Waals surface area contributed by atoms with Gasteiger partial charge in [0, 0.05) is 30.9 Å². The lowest BCUT2D eigenvalue weighted by molar-refractivity contribution is -0.00356. The zero-order valence-corrected chi connectivity index (χ0v) is 16.2. The number of hydrogen-bond donors (Lipinski definition) is 2. The predicted octanol–water partition coefficient (Wildman–Crippen LogP) is 2.59. The number of phenolic OH excluding ortho intramolecular Hbond substituents is 1. The summed E-state index contributed by atoms with van der Waals surface area (Å²) in [5, 5.41) is 15.6. The Bertz CT molecular complexity index is 861. The normalized spacial score (nSPS) is 31.7. The van der Waals surface area contributed by atoms with Crippen LogP contribution in [0.25, 0.3) is 0 Å². The van der Waals surface area contributed by atoms with Gasteiger partial charge in [0.15, 0.2) is 5.13 Å². The van der Waals surface area contributed by atoms with E-state index in [9.17, 15) is 9.90 Å². The molecule has 1 aromatic carbocycles. The molecule has 0 saturated carbocycles. The van der Waals surface area contributed by atoms with E-state index in [1.807, 2.05) is 24.6 Å². The molecule has 1 aromatic heterocycles. The summed E-state index contributed by atoms with van der Waals surface area (Å²) in [4.78, 5) is 22.4. The lowest BCUT2D eigenvalue weighted by Crippen LogP contribution is -2.60. The van der Waals surface area contributed by atoms with E-state index in [2.05, 4.69) is 26.2 Å². The maximum Gasteiger partial charge on any atom is 0.273 e. The van der Waals surface area contributed by atoms with Crippen molar-refractivity contribution in [2.24, 2.45) is 5.92 Å². The van der Waals surface area contributed by atoms with Gasteiger partial charge in [-0.05, 0) is 49.5 Å². The number of anilines is 1. The molecule has 6 nitrogen and oxygen atoms in total. The van der Waals surface area contributed by atoms with E-state index in [0.29, 0.717) is 29.9 Å². The Morgan fingerprint density at radius 1 is 1.30 bits per heavy atom. The Balaban J connectivity index is 1.51. The Morgan fingerprint density at radius 3 is 2.81 bits per heavy atom. The third-order valence-corrected chi connectivity index (χ3v) is 7.35. The van der Waals surface area contributed by atoms with Gasteiger partial charge in [-0.1, -0.05) is 12.1 Å². The molecule has 4 saturated heterocycles. The molecule has 0 radical (unpaired) electrons. The number of hydrogen-bond acceptors (Lipinski definition) is 6. The van der Waals surface area contributed by atoms with Crippen LogP contribution in [0.3, 0.4) is 0 Å². The first-order valence-corrected chi connectivity index (χ1v) is 10.5. The highest BCUT2D eigenvalue weighted by molar-refractivity contribution is 7.13. The van der Waals surface area contributed by atoms with Crippen LogP contribution in [0.15, 0.2) is 29.6 Å². The van der Waals surface area contributed by atoms with Gasteiger partial charge >= 0.3 is 0 Å². The van der Waals surface area contributed by atoms with Crippen molar-refractivity contribution in [3.8, 4) is 5.75 Å². The molecule has 4 aliphatic rings. The lowest BCUT2D eigenvalue weighted by Gasteiger charge is -2.51. The molecule has 1 amide bonds. The van der Waals surface area contributed by atoms with Gasteiger partial charge in [-0.2, -0.15) is 0 Å². The molecule has 0 aliphatic carbocycles. The first-order chi connectivity index (χ1) is 13.2. The van der Waals surface area contributed by atoms with Crippen molar-refractivity contribution >= 4 is 22.4 Å². The number of thiazole rings is 1. The molecule has 3 atom stereocenters. The molecule has 0 spiro atoms. The largest absolute Gasteiger partial charge is 0.508 e. The van der Waals surface area contributed by atoms with Crippen LogP contribution in [-0.2, 0) is 0 Å². The van der Waals surface area contributed by atoms with Crippen LogP contribution in [0.2, 0.25) is 0 Å². The summed E-state index contributed by atoms with van der Waals surface area (Å²) in [5.41, 5.74) is 1.66. The zero-order valence-electron chi connectivity index (χ0n) is 15.3. The van der Waals surface area contributed by atoms with Gasteiger partial charge in [0.1, 0.15) is 11.4 Å². The van der Waals surface area contributed by atoms with E-state index in [1.165, 1.54) is 11.3 Å². The van der Waals surface area contributed by atoms with E-state index < -0.39 is 0 Å². The highest BCUT2D eigenvalue weighted by Crippen LogP contribution is 2.47. The van der Waals surface area contributed by atoms with Gasteiger partial charge in [0.25, 0.3) is 5.91 Å². The second-order valence-electron chi connectivity index (χ2n) is 7.80. The average Bonchev–Trinajstić information content (AvgIpc) is 3.34. The van der Waals surface area contributed by atoms with E-state index in [-0.39, 0.29) is 17.9 Å². The topological polar surface area (TPSA) is 68.7 Å². The average molecular weight is 385 g/mol. The maximum absolute atomic E-state index is 13.3. The number of aromatic nitrogens is 1. The molecule has 27 heavy (non-hydrogen) atoms. The predicted molar refractivity (Wildman–Crippen MR) is 105 cm³/mol. The van der Waals surface area contributed by atoms with E-state index in [0.717, 1.165) is 36.6 Å². The number of likely N-dealkylation sites (tertiary alicyclic amines) is 1. The van der Waals surface area contributed by atoms with Crippen molar-refractivity contribution in [3.05, 3.63) is 40.9 Å². The Morgan fingerprint density at radius 2 is 2.11 bits per heavy atom. The fraction of sp³-hybridized carbons (Fsp3) is 0.500. The molecule has 2 N–H and O–H groups in total. The van der Waals surface area contributed by atoms with Crippen molar-refractivity contribution in [2.75, 3.05) is 32.0 Å². The molecule has 142 valence electrons. The summed E-state index contributed by atoms with van der Waals surface area (Å²) < 4.78 is 0. The molecule has 6 rings (SSSR count). The number of rotatable bonds is 3. The second-order valence-corrected chi connectivity index (χ2v) is 8.66. The number of carbonyl (C=O) groups is 1. The Hall–Kier alpha value is -2.12. The van der Waals surface area contributed by atoms with Gasteiger partial charge < -0.3 is 15.3 Å². The van der Waals surface area contributed by atoms with E-state index in [1.54, 1.807) is 6.07 Å². The number of benzene rings is 1.